The SMILES string of the molecule is CC1(C)C[C@]2(CC=C(c3ccccc3)C2=O)[C@H](c2ccccc2)OC1=O. The largest absolute Gasteiger partial charge is 0.456 e. The highest BCUT2D eigenvalue weighted by atomic mass is 16.5. The Balaban J connectivity index is 1.79. The van der Waals surface area contributed by atoms with Crippen molar-refractivity contribution in [3.05, 3.63) is 77.9 Å². The molecule has 0 amide bonds. The summed E-state index contributed by atoms with van der Waals surface area (Å²) < 4.78 is 5.89. The van der Waals surface area contributed by atoms with Crippen LogP contribution in [0, 0.1) is 10.8 Å². The molecule has 26 heavy (non-hydrogen) atoms. The van der Waals surface area contributed by atoms with Crippen LogP contribution in [-0.4, -0.2) is 11.8 Å². The number of rotatable bonds is 2. The molecule has 1 aliphatic heterocycles. The molecular formula is C23H22O3. The van der Waals surface area contributed by atoms with Crippen molar-refractivity contribution in [3.63, 3.8) is 0 Å². The van der Waals surface area contributed by atoms with Gasteiger partial charge in [-0.1, -0.05) is 66.7 Å². The molecule has 0 unspecified atom stereocenters. The lowest BCUT2D eigenvalue weighted by Crippen LogP contribution is -2.49. The van der Waals surface area contributed by atoms with E-state index in [4.69, 9.17) is 4.74 Å². The molecule has 0 saturated carbocycles. The number of Topliss-reactive ketones (excluding diaryl/α,β-unsaturated/α-hetero) is 1. The monoisotopic (exact) mass is 346 g/mol. The molecule has 3 heteroatoms. The molecule has 4 rings (SSSR count). The van der Waals surface area contributed by atoms with Gasteiger partial charge in [-0.05, 0) is 37.8 Å². The van der Waals surface area contributed by atoms with E-state index in [0.29, 0.717) is 12.8 Å². The highest BCUT2D eigenvalue weighted by molar-refractivity contribution is 6.26. The second-order valence-corrected chi connectivity index (χ2v) is 7.93. The van der Waals surface area contributed by atoms with Gasteiger partial charge in [0.2, 0.25) is 0 Å². The normalized spacial score (nSPS) is 27.3. The minimum atomic E-state index is -0.732. The fourth-order valence-corrected chi connectivity index (χ4v) is 4.33. The van der Waals surface area contributed by atoms with E-state index in [0.717, 1.165) is 16.7 Å². The van der Waals surface area contributed by atoms with Crippen LogP contribution in [0.5, 0.6) is 0 Å². The summed E-state index contributed by atoms with van der Waals surface area (Å²) in [6, 6.07) is 19.4. The van der Waals surface area contributed by atoms with Gasteiger partial charge < -0.3 is 4.74 Å². The van der Waals surface area contributed by atoms with Gasteiger partial charge in [0.05, 0.1) is 10.8 Å². The van der Waals surface area contributed by atoms with E-state index in [1.807, 2.05) is 80.6 Å². The Morgan fingerprint density at radius 1 is 0.923 bits per heavy atom. The lowest BCUT2D eigenvalue weighted by atomic mass is 9.63. The first-order chi connectivity index (χ1) is 12.4. The smallest absolute Gasteiger partial charge is 0.312 e. The molecule has 2 aliphatic rings. The van der Waals surface area contributed by atoms with Crippen molar-refractivity contribution in [1.29, 1.82) is 0 Å². The third-order valence-electron chi connectivity index (χ3n) is 5.59. The van der Waals surface area contributed by atoms with Gasteiger partial charge in [0.1, 0.15) is 6.10 Å². The standard InChI is InChI=1S/C23H22O3/c1-22(2)15-23(20(26-21(22)25)17-11-7-4-8-12-17)14-13-18(19(23)24)16-9-5-3-6-10-16/h3-13,20H,14-15H2,1-2H3/t20-,23-/m0/s1. The Labute approximate surface area is 153 Å². The van der Waals surface area contributed by atoms with E-state index in [1.165, 1.54) is 0 Å². The Bertz CT molecular complexity index is 880. The van der Waals surface area contributed by atoms with Gasteiger partial charge in [-0.2, -0.15) is 0 Å². The maximum Gasteiger partial charge on any atom is 0.312 e. The lowest BCUT2D eigenvalue weighted by Gasteiger charge is -2.46. The summed E-state index contributed by atoms with van der Waals surface area (Å²) in [5, 5.41) is 0. The number of ketones is 1. The van der Waals surface area contributed by atoms with Crippen molar-refractivity contribution < 1.29 is 14.3 Å². The van der Waals surface area contributed by atoms with Crippen LogP contribution in [0.4, 0.5) is 0 Å². The van der Waals surface area contributed by atoms with Crippen molar-refractivity contribution in [2.75, 3.05) is 0 Å². The van der Waals surface area contributed by atoms with E-state index in [9.17, 15) is 9.59 Å². The number of carbonyl (C=O) groups is 2. The minimum absolute atomic E-state index is 0.0816. The van der Waals surface area contributed by atoms with Gasteiger partial charge in [0.15, 0.2) is 5.78 Å². The highest BCUT2D eigenvalue weighted by Gasteiger charge is 2.59. The zero-order valence-corrected chi connectivity index (χ0v) is 15.1. The van der Waals surface area contributed by atoms with Gasteiger partial charge in [0.25, 0.3) is 0 Å². The molecule has 1 fully saturated rings. The highest BCUT2D eigenvalue weighted by Crippen LogP contribution is 2.57. The van der Waals surface area contributed by atoms with Gasteiger partial charge in [-0.15, -0.1) is 0 Å². The predicted octanol–water partition coefficient (Wildman–Crippen LogP) is 4.74. The molecule has 0 bridgehead atoms. The average molecular weight is 346 g/mol. The number of hydrogen-bond acceptors (Lipinski definition) is 3. The minimum Gasteiger partial charge on any atom is -0.456 e. The van der Waals surface area contributed by atoms with E-state index >= 15 is 0 Å². The number of esters is 1. The number of ether oxygens (including phenoxy) is 1. The van der Waals surface area contributed by atoms with Crippen LogP contribution >= 0.6 is 0 Å². The Kier molecular flexibility index (Phi) is 3.83. The average Bonchev–Trinajstić information content (AvgIpc) is 2.96. The van der Waals surface area contributed by atoms with Gasteiger partial charge in [0, 0.05) is 5.57 Å². The van der Waals surface area contributed by atoms with Crippen LogP contribution in [0.25, 0.3) is 5.57 Å². The van der Waals surface area contributed by atoms with Crippen LogP contribution in [0.3, 0.4) is 0 Å². The van der Waals surface area contributed by atoms with E-state index in [1.54, 1.807) is 0 Å². The summed E-state index contributed by atoms with van der Waals surface area (Å²) in [5.41, 5.74) is 1.13. The molecule has 0 radical (unpaired) electrons. The Hall–Kier alpha value is -2.68. The molecule has 1 spiro atoms. The Morgan fingerprint density at radius 3 is 2.19 bits per heavy atom. The number of benzene rings is 2. The lowest BCUT2D eigenvalue weighted by molar-refractivity contribution is -0.186. The molecule has 1 aliphatic carbocycles. The van der Waals surface area contributed by atoms with E-state index in [-0.39, 0.29) is 11.8 Å². The maximum atomic E-state index is 13.6. The van der Waals surface area contributed by atoms with Gasteiger partial charge >= 0.3 is 5.97 Å². The van der Waals surface area contributed by atoms with Crippen LogP contribution in [0.1, 0.15) is 43.9 Å². The van der Waals surface area contributed by atoms with Crippen LogP contribution in [-0.2, 0) is 14.3 Å². The predicted molar refractivity (Wildman–Crippen MR) is 100 cm³/mol. The molecule has 1 saturated heterocycles. The number of allylic oxidation sites excluding steroid dienone is 2. The molecule has 2 atom stereocenters. The zero-order valence-electron chi connectivity index (χ0n) is 15.1. The molecule has 1 heterocycles. The Morgan fingerprint density at radius 2 is 1.54 bits per heavy atom. The summed E-state index contributed by atoms with van der Waals surface area (Å²) in [7, 11) is 0. The maximum absolute atomic E-state index is 13.6. The molecule has 0 aromatic heterocycles. The third kappa shape index (κ3) is 2.50. The third-order valence-corrected chi connectivity index (χ3v) is 5.59. The first-order valence-electron chi connectivity index (χ1n) is 9.00. The van der Waals surface area contributed by atoms with E-state index in [2.05, 4.69) is 0 Å². The quantitative estimate of drug-likeness (QED) is 0.738. The van der Waals surface area contributed by atoms with E-state index < -0.39 is 16.9 Å². The summed E-state index contributed by atoms with van der Waals surface area (Å²) in [6.45, 7) is 3.73. The molecule has 132 valence electrons. The van der Waals surface area contributed by atoms with Gasteiger partial charge in [-0.3, -0.25) is 9.59 Å². The molecule has 2 aromatic rings. The van der Waals surface area contributed by atoms with Crippen molar-refractivity contribution >= 4 is 17.3 Å². The summed E-state index contributed by atoms with van der Waals surface area (Å²) in [6.07, 6.45) is 2.55. The van der Waals surface area contributed by atoms with Crippen LogP contribution < -0.4 is 0 Å². The van der Waals surface area contributed by atoms with Crippen molar-refractivity contribution in [2.24, 2.45) is 10.8 Å². The second kappa shape index (κ2) is 5.94. The second-order valence-electron chi connectivity index (χ2n) is 7.93. The first kappa shape index (κ1) is 16.8. The first-order valence-corrected chi connectivity index (χ1v) is 9.00. The number of cyclic esters (lactones) is 1. The molecule has 3 nitrogen and oxygen atoms in total. The van der Waals surface area contributed by atoms with Gasteiger partial charge in [-0.25, -0.2) is 0 Å². The molecule has 2 aromatic carbocycles. The summed E-state index contributed by atoms with van der Waals surface area (Å²) >= 11 is 0. The zero-order chi connectivity index (χ0) is 18.4. The molecular weight excluding hydrogens is 324 g/mol. The van der Waals surface area contributed by atoms with Crippen molar-refractivity contribution in [1.82, 2.24) is 0 Å². The van der Waals surface area contributed by atoms with Crippen molar-refractivity contribution in [3.8, 4) is 0 Å². The van der Waals surface area contributed by atoms with Crippen molar-refractivity contribution in [2.45, 2.75) is 32.8 Å². The molecule has 0 N–H and O–H groups in total. The fraction of sp³-hybridized carbons (Fsp3) is 0.304. The summed E-state index contributed by atoms with van der Waals surface area (Å²) in [4.78, 5) is 26.1. The number of carbonyl (C=O) groups excluding carboxylic acids is 2. The number of hydrogen-bond donors (Lipinski definition) is 0. The van der Waals surface area contributed by atoms with Crippen LogP contribution in [0.15, 0.2) is 66.7 Å². The summed E-state index contributed by atoms with van der Waals surface area (Å²) in [5.74, 6) is -0.156. The van der Waals surface area contributed by atoms with Crippen LogP contribution in [0.2, 0.25) is 0 Å². The fourth-order valence-electron chi connectivity index (χ4n) is 4.33. The topological polar surface area (TPSA) is 43.4 Å².